The number of rotatable bonds is 6. The van der Waals surface area contributed by atoms with E-state index in [2.05, 4.69) is 31.6 Å². The Hall–Kier alpha value is -1.93. The van der Waals surface area contributed by atoms with Gasteiger partial charge in [0.2, 0.25) is 0 Å². The minimum Gasteiger partial charge on any atom is -0.479 e. The van der Waals surface area contributed by atoms with Crippen molar-refractivity contribution in [2.75, 3.05) is 11.9 Å². The monoisotopic (exact) mass is 340 g/mol. The summed E-state index contributed by atoms with van der Waals surface area (Å²) in [5.41, 5.74) is 0.929. The number of carboxylic acids is 1. The maximum Gasteiger partial charge on any atom is 0.332 e. The van der Waals surface area contributed by atoms with Crippen molar-refractivity contribution in [2.45, 2.75) is 12.6 Å². The van der Waals surface area contributed by atoms with Crippen LogP contribution in [0.3, 0.4) is 0 Å². The van der Waals surface area contributed by atoms with Gasteiger partial charge in [-0.25, -0.2) is 9.48 Å². The first-order valence-corrected chi connectivity index (χ1v) is 6.66. The Kier molecular flexibility index (Phi) is 4.70. The predicted octanol–water partition coefficient (Wildman–Crippen LogP) is 1.27. The van der Waals surface area contributed by atoms with Gasteiger partial charge in [0.05, 0.1) is 19.3 Å². The van der Waals surface area contributed by atoms with Gasteiger partial charge in [-0.15, -0.1) is 5.10 Å². The third kappa shape index (κ3) is 3.34. The van der Waals surface area contributed by atoms with E-state index in [-0.39, 0.29) is 18.8 Å². The summed E-state index contributed by atoms with van der Waals surface area (Å²) in [6.07, 6.45) is 1.50. The Morgan fingerprint density at radius 2 is 2.20 bits per heavy atom. The number of aliphatic hydroxyl groups excluding tert-OH is 1. The highest BCUT2D eigenvalue weighted by Gasteiger charge is 2.23. The molecule has 0 saturated carbocycles. The van der Waals surface area contributed by atoms with Crippen molar-refractivity contribution >= 4 is 27.6 Å². The molecule has 0 saturated heterocycles. The number of aliphatic carboxylic acids is 1. The molecular weight excluding hydrogens is 328 g/mol. The zero-order valence-corrected chi connectivity index (χ0v) is 12.0. The Morgan fingerprint density at radius 3 is 2.85 bits per heavy atom. The van der Waals surface area contributed by atoms with Crippen molar-refractivity contribution in [1.29, 1.82) is 0 Å². The van der Waals surface area contributed by atoms with Crippen LogP contribution in [0.4, 0.5) is 5.69 Å². The van der Waals surface area contributed by atoms with Crippen molar-refractivity contribution in [3.8, 4) is 0 Å². The lowest BCUT2D eigenvalue weighted by atomic mass is 10.2. The fraction of sp³-hybridized carbons (Fsp3) is 0.250. The number of aliphatic hydroxyl groups is 1. The van der Waals surface area contributed by atoms with E-state index in [9.17, 15) is 9.90 Å². The molecule has 20 heavy (non-hydrogen) atoms. The summed E-state index contributed by atoms with van der Waals surface area (Å²) in [5.74, 6) is -1.06. The van der Waals surface area contributed by atoms with Crippen molar-refractivity contribution in [1.82, 2.24) is 15.0 Å². The van der Waals surface area contributed by atoms with Crippen molar-refractivity contribution in [2.24, 2.45) is 0 Å². The first-order chi connectivity index (χ1) is 9.61. The molecule has 0 radical (unpaired) electrons. The highest BCUT2D eigenvalue weighted by Crippen LogP contribution is 2.25. The SMILES string of the molecule is O=C(O)C(Nc1ccccc1Br)c1cn(CCO)nn1. The number of nitrogens with one attached hydrogen (secondary N) is 1. The number of hydrogen-bond acceptors (Lipinski definition) is 5. The van der Waals surface area contributed by atoms with Gasteiger partial charge in [-0.1, -0.05) is 17.3 Å². The maximum absolute atomic E-state index is 11.4. The normalized spacial score (nSPS) is 12.1. The number of anilines is 1. The summed E-state index contributed by atoms with van der Waals surface area (Å²) < 4.78 is 2.15. The molecule has 0 fully saturated rings. The van der Waals surface area contributed by atoms with Crippen LogP contribution in [0, 0.1) is 0 Å². The molecule has 0 spiro atoms. The number of halogens is 1. The molecule has 1 aromatic carbocycles. The van der Waals surface area contributed by atoms with E-state index in [1.54, 1.807) is 12.1 Å². The molecule has 1 heterocycles. The lowest BCUT2D eigenvalue weighted by molar-refractivity contribution is -0.138. The van der Waals surface area contributed by atoms with Gasteiger partial charge >= 0.3 is 5.97 Å². The molecule has 1 atom stereocenters. The number of benzene rings is 1. The average Bonchev–Trinajstić information content (AvgIpc) is 2.86. The second-order valence-electron chi connectivity index (χ2n) is 4.03. The molecule has 2 aromatic rings. The van der Waals surface area contributed by atoms with Crippen LogP contribution >= 0.6 is 15.9 Å². The van der Waals surface area contributed by atoms with Gasteiger partial charge in [-0.05, 0) is 28.1 Å². The van der Waals surface area contributed by atoms with E-state index in [4.69, 9.17) is 5.11 Å². The number of carbonyl (C=O) groups is 1. The van der Waals surface area contributed by atoms with Gasteiger partial charge in [0.1, 0.15) is 5.69 Å². The summed E-state index contributed by atoms with van der Waals surface area (Å²) in [6.45, 7) is 0.187. The summed E-state index contributed by atoms with van der Waals surface area (Å²) in [7, 11) is 0. The fourth-order valence-corrected chi connectivity index (χ4v) is 2.05. The highest BCUT2D eigenvalue weighted by atomic mass is 79.9. The Morgan fingerprint density at radius 1 is 1.45 bits per heavy atom. The van der Waals surface area contributed by atoms with Gasteiger partial charge in [-0.3, -0.25) is 0 Å². The third-order valence-corrected chi connectivity index (χ3v) is 3.29. The van der Waals surface area contributed by atoms with E-state index < -0.39 is 12.0 Å². The van der Waals surface area contributed by atoms with E-state index in [1.807, 2.05) is 12.1 Å². The van der Waals surface area contributed by atoms with Crippen LogP contribution in [0.2, 0.25) is 0 Å². The van der Waals surface area contributed by atoms with Gasteiger partial charge in [0.15, 0.2) is 6.04 Å². The van der Waals surface area contributed by atoms with E-state index in [0.29, 0.717) is 5.69 Å². The molecule has 8 heteroatoms. The quantitative estimate of drug-likeness (QED) is 0.732. The lowest BCUT2D eigenvalue weighted by Crippen LogP contribution is -2.21. The zero-order valence-electron chi connectivity index (χ0n) is 10.4. The number of nitrogens with zero attached hydrogens (tertiary/aromatic N) is 3. The maximum atomic E-state index is 11.4. The number of para-hydroxylation sites is 1. The van der Waals surface area contributed by atoms with E-state index >= 15 is 0 Å². The van der Waals surface area contributed by atoms with E-state index in [1.165, 1.54) is 10.9 Å². The van der Waals surface area contributed by atoms with Crippen LogP contribution in [0.25, 0.3) is 0 Å². The van der Waals surface area contributed by atoms with Crippen molar-refractivity contribution in [3.63, 3.8) is 0 Å². The summed E-state index contributed by atoms with van der Waals surface area (Å²) >= 11 is 3.35. The molecular formula is C12H13BrN4O3. The molecule has 3 N–H and O–H groups in total. The molecule has 0 aliphatic rings. The molecule has 0 bridgehead atoms. The number of carboxylic acid groups (broad SMARTS) is 1. The Balaban J connectivity index is 2.23. The zero-order chi connectivity index (χ0) is 14.5. The molecule has 1 unspecified atom stereocenters. The summed E-state index contributed by atoms with van der Waals surface area (Å²) in [5, 5.41) is 28.6. The van der Waals surface area contributed by atoms with Gasteiger partial charge in [0, 0.05) is 10.2 Å². The van der Waals surface area contributed by atoms with Crippen LogP contribution in [0.5, 0.6) is 0 Å². The van der Waals surface area contributed by atoms with Gasteiger partial charge in [-0.2, -0.15) is 0 Å². The van der Waals surface area contributed by atoms with Gasteiger partial charge in [0.25, 0.3) is 0 Å². The Labute approximate surface area is 123 Å². The van der Waals surface area contributed by atoms with Gasteiger partial charge < -0.3 is 15.5 Å². The smallest absolute Gasteiger partial charge is 0.332 e. The van der Waals surface area contributed by atoms with E-state index in [0.717, 1.165) is 4.47 Å². The number of hydrogen-bond donors (Lipinski definition) is 3. The molecule has 0 aliphatic heterocycles. The lowest BCUT2D eigenvalue weighted by Gasteiger charge is -2.14. The van der Waals surface area contributed by atoms with Crippen LogP contribution in [0.15, 0.2) is 34.9 Å². The molecule has 106 valence electrons. The average molecular weight is 341 g/mol. The summed E-state index contributed by atoms with van der Waals surface area (Å²) in [4.78, 5) is 11.4. The van der Waals surface area contributed by atoms with Crippen LogP contribution in [0.1, 0.15) is 11.7 Å². The third-order valence-electron chi connectivity index (χ3n) is 2.60. The first-order valence-electron chi connectivity index (χ1n) is 5.86. The topological polar surface area (TPSA) is 100 Å². The molecule has 1 aromatic heterocycles. The standard InChI is InChI=1S/C12H13BrN4O3/c13-8-3-1-2-4-9(8)14-11(12(19)20)10-7-17(5-6-18)16-15-10/h1-4,7,11,14,18H,5-6H2,(H,19,20). The molecule has 0 aliphatic carbocycles. The number of aromatic nitrogens is 3. The minimum absolute atomic E-state index is 0.0851. The first kappa shape index (κ1) is 14.5. The van der Waals surface area contributed by atoms with Crippen molar-refractivity contribution in [3.05, 3.63) is 40.6 Å². The predicted molar refractivity (Wildman–Crippen MR) is 75.2 cm³/mol. The molecule has 7 nitrogen and oxygen atoms in total. The fourth-order valence-electron chi connectivity index (χ4n) is 1.65. The largest absolute Gasteiger partial charge is 0.479 e. The summed E-state index contributed by atoms with van der Waals surface area (Å²) in [6, 6.07) is 6.19. The Bertz CT molecular complexity index is 602. The molecule has 0 amide bonds. The highest BCUT2D eigenvalue weighted by molar-refractivity contribution is 9.10. The van der Waals surface area contributed by atoms with Crippen LogP contribution in [-0.4, -0.2) is 37.8 Å². The molecule has 2 rings (SSSR count). The second-order valence-corrected chi connectivity index (χ2v) is 4.88. The minimum atomic E-state index is -1.06. The van der Waals surface area contributed by atoms with Crippen LogP contribution < -0.4 is 5.32 Å². The van der Waals surface area contributed by atoms with Crippen LogP contribution in [-0.2, 0) is 11.3 Å². The van der Waals surface area contributed by atoms with Crippen molar-refractivity contribution < 1.29 is 15.0 Å². The second kappa shape index (κ2) is 6.49.